The number of pyridine rings is 1. The summed E-state index contributed by atoms with van der Waals surface area (Å²) < 4.78 is 0. The van der Waals surface area contributed by atoms with Gasteiger partial charge in [0.1, 0.15) is 0 Å². The maximum Gasteiger partial charge on any atom is 0.251 e. The number of carbonyl (C=O) groups is 1. The van der Waals surface area contributed by atoms with Crippen LogP contribution in [0.25, 0.3) is 0 Å². The van der Waals surface area contributed by atoms with E-state index < -0.39 is 6.10 Å². The predicted molar refractivity (Wildman–Crippen MR) is 60.0 cm³/mol. The molecular weight excluding hydrogens is 212 g/mol. The number of carbonyl (C=O) groups excluding carboxylic acids is 1. The van der Waals surface area contributed by atoms with E-state index in [2.05, 4.69) is 10.3 Å². The van der Waals surface area contributed by atoms with Gasteiger partial charge in [-0.15, -0.1) is 11.8 Å². The van der Waals surface area contributed by atoms with Crippen molar-refractivity contribution in [3.8, 4) is 0 Å². The molecule has 2 N–H and O–H groups in total. The lowest BCUT2D eigenvalue weighted by Crippen LogP contribution is -2.30. The number of hydrogen-bond donors (Lipinski definition) is 2. The number of thioether (sulfide) groups is 1. The highest BCUT2D eigenvalue weighted by atomic mass is 32.2. The van der Waals surface area contributed by atoms with Crippen molar-refractivity contribution in [3.05, 3.63) is 23.9 Å². The molecule has 1 aromatic heterocycles. The van der Waals surface area contributed by atoms with Gasteiger partial charge in [-0.05, 0) is 25.3 Å². The molecule has 0 aliphatic heterocycles. The van der Waals surface area contributed by atoms with Crippen LogP contribution in [0.15, 0.2) is 23.4 Å². The molecule has 0 radical (unpaired) electrons. The maximum atomic E-state index is 11.6. The summed E-state index contributed by atoms with van der Waals surface area (Å²) in [6, 6.07) is 3.37. The van der Waals surface area contributed by atoms with E-state index in [1.807, 2.05) is 6.26 Å². The van der Waals surface area contributed by atoms with E-state index in [1.54, 1.807) is 25.3 Å². The fourth-order valence-corrected chi connectivity index (χ4v) is 1.42. The number of rotatable bonds is 4. The first-order valence-corrected chi connectivity index (χ1v) is 5.82. The molecule has 1 unspecified atom stereocenters. The average Bonchev–Trinajstić information content (AvgIpc) is 2.26. The van der Waals surface area contributed by atoms with Gasteiger partial charge < -0.3 is 10.4 Å². The third-order valence-corrected chi connectivity index (χ3v) is 2.41. The number of nitrogens with one attached hydrogen (secondary N) is 1. The standard InChI is InChI=1S/C10H14N2O2S/c1-7(13)6-12-10(14)8-3-4-11-9(5-8)15-2/h3-5,7,13H,6H2,1-2H3,(H,12,14). The Morgan fingerprint density at radius 3 is 3.07 bits per heavy atom. The molecule has 0 saturated carbocycles. The quantitative estimate of drug-likeness (QED) is 0.749. The van der Waals surface area contributed by atoms with Crippen LogP contribution in [0.5, 0.6) is 0 Å². The van der Waals surface area contributed by atoms with Crippen molar-refractivity contribution < 1.29 is 9.90 Å². The topological polar surface area (TPSA) is 62.2 Å². The summed E-state index contributed by atoms with van der Waals surface area (Å²) in [5, 5.41) is 12.4. The van der Waals surface area contributed by atoms with E-state index in [-0.39, 0.29) is 12.5 Å². The Labute approximate surface area is 93.1 Å². The van der Waals surface area contributed by atoms with Gasteiger partial charge in [0.05, 0.1) is 11.1 Å². The third-order valence-electron chi connectivity index (χ3n) is 1.76. The highest BCUT2D eigenvalue weighted by molar-refractivity contribution is 7.98. The molecular formula is C10H14N2O2S. The number of nitrogens with zero attached hydrogens (tertiary/aromatic N) is 1. The van der Waals surface area contributed by atoms with Crippen molar-refractivity contribution in [2.45, 2.75) is 18.1 Å². The molecule has 15 heavy (non-hydrogen) atoms. The van der Waals surface area contributed by atoms with Gasteiger partial charge in [0.25, 0.3) is 5.91 Å². The van der Waals surface area contributed by atoms with Crippen LogP contribution in [0.4, 0.5) is 0 Å². The van der Waals surface area contributed by atoms with Crippen molar-refractivity contribution >= 4 is 17.7 Å². The monoisotopic (exact) mass is 226 g/mol. The van der Waals surface area contributed by atoms with Crippen LogP contribution >= 0.6 is 11.8 Å². The van der Waals surface area contributed by atoms with Crippen LogP contribution in [0.3, 0.4) is 0 Å². The second-order valence-electron chi connectivity index (χ2n) is 3.15. The van der Waals surface area contributed by atoms with Gasteiger partial charge in [-0.3, -0.25) is 4.79 Å². The number of aliphatic hydroxyl groups is 1. The predicted octanol–water partition coefficient (Wildman–Crippen LogP) is 0.914. The lowest BCUT2D eigenvalue weighted by Gasteiger charge is -2.07. The molecule has 0 aliphatic carbocycles. The first-order chi connectivity index (χ1) is 7.13. The van der Waals surface area contributed by atoms with Gasteiger partial charge in [0, 0.05) is 18.3 Å². The molecule has 0 aromatic carbocycles. The lowest BCUT2D eigenvalue weighted by molar-refractivity contribution is 0.0923. The van der Waals surface area contributed by atoms with Crippen molar-refractivity contribution in [1.82, 2.24) is 10.3 Å². The van der Waals surface area contributed by atoms with Crippen LogP contribution in [-0.2, 0) is 0 Å². The van der Waals surface area contributed by atoms with Gasteiger partial charge >= 0.3 is 0 Å². The summed E-state index contributed by atoms with van der Waals surface area (Å²) in [6.45, 7) is 1.88. The Bertz CT molecular complexity index is 342. The molecule has 1 rings (SSSR count). The molecule has 0 bridgehead atoms. The molecule has 82 valence electrons. The number of aromatic nitrogens is 1. The van der Waals surface area contributed by atoms with Crippen molar-refractivity contribution in [3.63, 3.8) is 0 Å². The zero-order valence-corrected chi connectivity index (χ0v) is 9.54. The Kier molecular flexibility index (Phi) is 4.58. The zero-order valence-electron chi connectivity index (χ0n) is 8.73. The second-order valence-corrected chi connectivity index (χ2v) is 3.97. The zero-order chi connectivity index (χ0) is 11.3. The molecule has 1 heterocycles. The summed E-state index contributed by atoms with van der Waals surface area (Å²) in [5.41, 5.74) is 0.565. The molecule has 0 spiro atoms. The Hall–Kier alpha value is -1.07. The Morgan fingerprint density at radius 1 is 1.73 bits per heavy atom. The van der Waals surface area contributed by atoms with Crippen molar-refractivity contribution in [2.75, 3.05) is 12.8 Å². The molecule has 0 aliphatic rings. The Morgan fingerprint density at radius 2 is 2.47 bits per heavy atom. The van der Waals surface area contributed by atoms with E-state index in [1.165, 1.54) is 11.8 Å². The molecule has 1 aromatic rings. The maximum absolute atomic E-state index is 11.6. The van der Waals surface area contributed by atoms with Crippen LogP contribution in [0.1, 0.15) is 17.3 Å². The number of amides is 1. The first-order valence-electron chi connectivity index (χ1n) is 4.60. The van der Waals surface area contributed by atoms with E-state index in [4.69, 9.17) is 5.11 Å². The molecule has 4 nitrogen and oxygen atoms in total. The molecule has 1 atom stereocenters. The van der Waals surface area contributed by atoms with E-state index in [9.17, 15) is 4.79 Å². The third kappa shape index (κ3) is 3.89. The van der Waals surface area contributed by atoms with E-state index in [0.29, 0.717) is 5.56 Å². The second kappa shape index (κ2) is 5.72. The largest absolute Gasteiger partial charge is 0.392 e. The van der Waals surface area contributed by atoms with Crippen molar-refractivity contribution in [2.24, 2.45) is 0 Å². The highest BCUT2D eigenvalue weighted by Crippen LogP contribution is 2.12. The summed E-state index contributed by atoms with van der Waals surface area (Å²) in [7, 11) is 0. The normalized spacial score (nSPS) is 12.2. The SMILES string of the molecule is CSc1cc(C(=O)NCC(C)O)ccn1. The van der Waals surface area contributed by atoms with Gasteiger partial charge in [-0.25, -0.2) is 4.98 Å². The fraction of sp³-hybridized carbons (Fsp3) is 0.400. The summed E-state index contributed by atoms with van der Waals surface area (Å²) >= 11 is 1.48. The number of hydrogen-bond acceptors (Lipinski definition) is 4. The Balaban J connectivity index is 2.65. The first kappa shape index (κ1) is 12.0. The number of aliphatic hydroxyl groups excluding tert-OH is 1. The fourth-order valence-electron chi connectivity index (χ4n) is 1.00. The molecule has 5 heteroatoms. The average molecular weight is 226 g/mol. The van der Waals surface area contributed by atoms with Crippen LogP contribution in [0, 0.1) is 0 Å². The minimum absolute atomic E-state index is 0.186. The minimum atomic E-state index is -0.532. The molecule has 0 fully saturated rings. The van der Waals surface area contributed by atoms with Gasteiger partial charge in [-0.2, -0.15) is 0 Å². The van der Waals surface area contributed by atoms with Crippen LogP contribution in [0.2, 0.25) is 0 Å². The van der Waals surface area contributed by atoms with Crippen LogP contribution < -0.4 is 5.32 Å². The summed E-state index contributed by atoms with van der Waals surface area (Å²) in [4.78, 5) is 15.6. The van der Waals surface area contributed by atoms with E-state index >= 15 is 0 Å². The van der Waals surface area contributed by atoms with Crippen molar-refractivity contribution in [1.29, 1.82) is 0 Å². The summed E-state index contributed by atoms with van der Waals surface area (Å²) in [6.07, 6.45) is 2.97. The van der Waals surface area contributed by atoms with E-state index in [0.717, 1.165) is 5.03 Å². The highest BCUT2D eigenvalue weighted by Gasteiger charge is 2.06. The minimum Gasteiger partial charge on any atom is -0.392 e. The van der Waals surface area contributed by atoms with Gasteiger partial charge in [0.15, 0.2) is 0 Å². The smallest absolute Gasteiger partial charge is 0.251 e. The molecule has 1 amide bonds. The van der Waals surface area contributed by atoms with Crippen LogP contribution in [-0.4, -0.2) is 34.9 Å². The van der Waals surface area contributed by atoms with Gasteiger partial charge in [-0.1, -0.05) is 0 Å². The summed E-state index contributed by atoms with van der Waals surface area (Å²) in [5.74, 6) is -0.186. The molecule has 0 saturated heterocycles. The lowest BCUT2D eigenvalue weighted by atomic mass is 10.2. The van der Waals surface area contributed by atoms with Gasteiger partial charge in [0.2, 0.25) is 0 Å².